The Bertz CT molecular complexity index is 125. The summed E-state index contributed by atoms with van der Waals surface area (Å²) < 4.78 is 0. The Morgan fingerprint density at radius 2 is 2.20 bits per heavy atom. The van der Waals surface area contributed by atoms with Crippen molar-refractivity contribution in [1.82, 2.24) is 0 Å². The maximum Gasteiger partial charge on any atom is 0.0115 e. The topological polar surface area (TPSA) is 0 Å². The van der Waals surface area contributed by atoms with Crippen molar-refractivity contribution in [2.24, 2.45) is 5.92 Å². The molecule has 0 amide bonds. The minimum Gasteiger partial charge on any atom is -0.120 e. The Labute approximate surface area is 64.3 Å². The van der Waals surface area contributed by atoms with Crippen molar-refractivity contribution in [3.8, 4) is 12.3 Å². The summed E-state index contributed by atoms with van der Waals surface area (Å²) in [6, 6.07) is 0. The van der Waals surface area contributed by atoms with Crippen LogP contribution in [-0.4, -0.2) is 0 Å². The number of terminal acetylenes is 1. The molecule has 0 heteroatoms. The van der Waals surface area contributed by atoms with Crippen molar-refractivity contribution >= 4 is 0 Å². The summed E-state index contributed by atoms with van der Waals surface area (Å²) in [6.07, 6.45) is 12.7. The van der Waals surface area contributed by atoms with Gasteiger partial charge < -0.3 is 0 Å². The van der Waals surface area contributed by atoms with Crippen LogP contribution in [0.4, 0.5) is 0 Å². The summed E-state index contributed by atoms with van der Waals surface area (Å²) in [5, 5.41) is 0. The van der Waals surface area contributed by atoms with Crippen LogP contribution in [0.25, 0.3) is 0 Å². The smallest absolute Gasteiger partial charge is 0.0115 e. The van der Waals surface area contributed by atoms with Gasteiger partial charge >= 0.3 is 0 Å². The molecular weight excluding hydrogens is 120 g/mol. The third-order valence-electron chi connectivity index (χ3n) is 1.41. The first-order valence-electron chi connectivity index (χ1n) is 3.89. The molecule has 0 aromatic rings. The van der Waals surface area contributed by atoms with E-state index >= 15 is 0 Å². The Morgan fingerprint density at radius 1 is 1.50 bits per heavy atom. The van der Waals surface area contributed by atoms with Gasteiger partial charge in [0.15, 0.2) is 0 Å². The highest BCUT2D eigenvalue weighted by molar-refractivity contribution is 4.89. The van der Waals surface area contributed by atoms with Crippen molar-refractivity contribution in [3.05, 3.63) is 12.2 Å². The van der Waals surface area contributed by atoms with Crippen molar-refractivity contribution in [2.45, 2.75) is 33.1 Å². The van der Waals surface area contributed by atoms with Gasteiger partial charge in [0.25, 0.3) is 0 Å². The summed E-state index contributed by atoms with van der Waals surface area (Å²) in [6.45, 7) is 4.32. The second kappa shape index (κ2) is 6.42. The van der Waals surface area contributed by atoms with E-state index in [0.29, 0.717) is 5.92 Å². The Kier molecular flexibility index (Phi) is 5.97. The molecule has 0 rings (SSSR count). The summed E-state index contributed by atoms with van der Waals surface area (Å²) >= 11 is 0. The predicted molar refractivity (Wildman–Crippen MR) is 46.7 cm³/mol. The quantitative estimate of drug-likeness (QED) is 0.411. The fourth-order valence-corrected chi connectivity index (χ4v) is 0.780. The fourth-order valence-electron chi connectivity index (χ4n) is 0.780. The van der Waals surface area contributed by atoms with E-state index in [1.54, 1.807) is 0 Å². The van der Waals surface area contributed by atoms with Crippen molar-refractivity contribution in [1.29, 1.82) is 0 Å². The molecule has 0 spiro atoms. The third kappa shape index (κ3) is 5.44. The van der Waals surface area contributed by atoms with Gasteiger partial charge in [-0.15, -0.1) is 12.3 Å². The molecule has 0 saturated heterocycles. The van der Waals surface area contributed by atoms with E-state index in [2.05, 4.69) is 31.9 Å². The normalized spacial score (nSPS) is 13.3. The lowest BCUT2D eigenvalue weighted by Crippen LogP contribution is -1.88. The highest BCUT2D eigenvalue weighted by atomic mass is 14.0. The van der Waals surface area contributed by atoms with E-state index in [0.717, 1.165) is 19.3 Å². The molecule has 0 N–H and O–H groups in total. The zero-order chi connectivity index (χ0) is 7.82. The van der Waals surface area contributed by atoms with Crippen LogP contribution in [0.3, 0.4) is 0 Å². The first kappa shape index (κ1) is 9.30. The predicted octanol–water partition coefficient (Wildman–Crippen LogP) is 3.00. The minimum atomic E-state index is 0.646. The van der Waals surface area contributed by atoms with Crippen LogP contribution in [-0.2, 0) is 0 Å². The van der Waals surface area contributed by atoms with E-state index < -0.39 is 0 Å². The number of hydrogen-bond donors (Lipinski definition) is 0. The van der Waals surface area contributed by atoms with E-state index in [1.165, 1.54) is 0 Å². The van der Waals surface area contributed by atoms with Gasteiger partial charge in [0.05, 0.1) is 0 Å². The molecule has 0 aromatic carbocycles. The number of allylic oxidation sites excluding steroid dienone is 2. The molecule has 0 aliphatic rings. The van der Waals surface area contributed by atoms with Gasteiger partial charge in [0.2, 0.25) is 0 Å². The van der Waals surface area contributed by atoms with E-state index in [4.69, 9.17) is 6.42 Å². The van der Waals surface area contributed by atoms with Crippen LogP contribution in [0.2, 0.25) is 0 Å². The molecule has 1 atom stereocenters. The molecule has 0 aliphatic heterocycles. The van der Waals surface area contributed by atoms with E-state index in [9.17, 15) is 0 Å². The largest absolute Gasteiger partial charge is 0.120 e. The first-order chi connectivity index (χ1) is 4.81. The maximum atomic E-state index is 5.16. The van der Waals surface area contributed by atoms with Gasteiger partial charge in [-0.1, -0.05) is 26.0 Å². The second-order valence-corrected chi connectivity index (χ2v) is 2.63. The summed E-state index contributed by atoms with van der Waals surface area (Å²) in [4.78, 5) is 0. The van der Waals surface area contributed by atoms with Crippen LogP contribution in [0, 0.1) is 18.3 Å². The Balaban J connectivity index is 3.31. The van der Waals surface area contributed by atoms with Crippen molar-refractivity contribution in [2.75, 3.05) is 0 Å². The van der Waals surface area contributed by atoms with Gasteiger partial charge in [0, 0.05) is 6.42 Å². The van der Waals surface area contributed by atoms with Crippen molar-refractivity contribution < 1.29 is 0 Å². The molecule has 0 saturated carbocycles. The van der Waals surface area contributed by atoms with E-state index in [1.807, 2.05) is 0 Å². The highest BCUT2D eigenvalue weighted by Crippen LogP contribution is 2.06. The lowest BCUT2D eigenvalue weighted by atomic mass is 10.0. The van der Waals surface area contributed by atoms with Crippen LogP contribution in [0.15, 0.2) is 12.2 Å². The first-order valence-corrected chi connectivity index (χ1v) is 3.89. The molecule has 10 heavy (non-hydrogen) atoms. The molecule has 1 unspecified atom stereocenters. The van der Waals surface area contributed by atoms with Crippen molar-refractivity contribution in [3.63, 3.8) is 0 Å². The molecule has 0 fully saturated rings. The molecular formula is C10H16. The molecule has 0 nitrogen and oxygen atoms in total. The molecule has 0 aliphatic carbocycles. The maximum absolute atomic E-state index is 5.16. The Hall–Kier alpha value is -0.700. The highest BCUT2D eigenvalue weighted by Gasteiger charge is 1.94. The monoisotopic (exact) mass is 136 g/mol. The van der Waals surface area contributed by atoms with Crippen LogP contribution in [0.5, 0.6) is 0 Å². The summed E-state index contributed by atoms with van der Waals surface area (Å²) in [5.41, 5.74) is 0. The SMILES string of the molecule is C#CCC(C)C/C=C\CC. The standard InChI is InChI=1S/C10H16/c1-4-6-7-9-10(3)8-5-2/h2,6-7,10H,4,8-9H2,1,3H3/b7-6-. The zero-order valence-corrected chi connectivity index (χ0v) is 6.93. The third-order valence-corrected chi connectivity index (χ3v) is 1.41. The lowest BCUT2D eigenvalue weighted by Gasteiger charge is -2.00. The van der Waals surface area contributed by atoms with Gasteiger partial charge in [-0.05, 0) is 18.8 Å². The van der Waals surface area contributed by atoms with Gasteiger partial charge in [-0.25, -0.2) is 0 Å². The average Bonchev–Trinajstić information content (AvgIpc) is 1.89. The van der Waals surface area contributed by atoms with Crippen LogP contribution in [0.1, 0.15) is 33.1 Å². The molecule has 56 valence electrons. The minimum absolute atomic E-state index is 0.646. The van der Waals surface area contributed by atoms with Crippen LogP contribution < -0.4 is 0 Å². The van der Waals surface area contributed by atoms with Gasteiger partial charge in [-0.3, -0.25) is 0 Å². The molecule has 0 heterocycles. The fraction of sp³-hybridized carbons (Fsp3) is 0.600. The van der Waals surface area contributed by atoms with Gasteiger partial charge in [-0.2, -0.15) is 0 Å². The number of rotatable bonds is 4. The summed E-state index contributed by atoms with van der Waals surface area (Å²) in [5.74, 6) is 3.31. The summed E-state index contributed by atoms with van der Waals surface area (Å²) in [7, 11) is 0. The lowest BCUT2D eigenvalue weighted by molar-refractivity contribution is 0.612. The molecule has 0 radical (unpaired) electrons. The van der Waals surface area contributed by atoms with Gasteiger partial charge in [0.1, 0.15) is 0 Å². The second-order valence-electron chi connectivity index (χ2n) is 2.63. The Morgan fingerprint density at radius 3 is 2.70 bits per heavy atom. The average molecular weight is 136 g/mol. The molecule has 0 bridgehead atoms. The molecule has 0 aromatic heterocycles. The van der Waals surface area contributed by atoms with Crippen LogP contribution >= 0.6 is 0 Å². The zero-order valence-electron chi connectivity index (χ0n) is 6.93. The van der Waals surface area contributed by atoms with E-state index in [-0.39, 0.29) is 0 Å². The number of hydrogen-bond acceptors (Lipinski definition) is 0.